The van der Waals surface area contributed by atoms with E-state index in [-0.39, 0.29) is 30.0 Å². The number of benzene rings is 1. The number of halogens is 1. The minimum absolute atomic E-state index is 0. The fraction of sp³-hybridized carbons (Fsp3) is 0.533. The van der Waals surface area contributed by atoms with Crippen molar-refractivity contribution in [1.29, 1.82) is 0 Å². The van der Waals surface area contributed by atoms with Gasteiger partial charge in [-0.05, 0) is 13.0 Å². The number of methoxy groups -OCH3 is 4. The Bertz CT molecular complexity index is 512. The van der Waals surface area contributed by atoms with Crippen molar-refractivity contribution in [2.75, 3.05) is 35.0 Å². The minimum atomic E-state index is 0. The molecule has 0 radical (unpaired) electrons. The largest absolute Gasteiger partial charge is 0.496 e. The maximum absolute atomic E-state index is 5.86. The first-order valence-corrected chi connectivity index (χ1v) is 6.90. The predicted octanol–water partition coefficient (Wildman–Crippen LogP) is 1.77. The number of hydrogen-bond acceptors (Lipinski definition) is 5. The van der Waals surface area contributed by atoms with Crippen molar-refractivity contribution < 1.29 is 18.9 Å². The zero-order valence-electron chi connectivity index (χ0n) is 14.2. The van der Waals surface area contributed by atoms with E-state index in [1.54, 1.807) is 34.5 Å². The van der Waals surface area contributed by atoms with E-state index >= 15 is 0 Å². The molecule has 0 bridgehead atoms. The van der Waals surface area contributed by atoms with Crippen molar-refractivity contribution in [3.63, 3.8) is 0 Å². The van der Waals surface area contributed by atoms with Crippen LogP contribution >= 0.6 is 24.0 Å². The summed E-state index contributed by atoms with van der Waals surface area (Å²) in [5.41, 5.74) is 6.71. The lowest BCUT2D eigenvalue weighted by Crippen LogP contribution is -2.40. The molecule has 0 saturated carbocycles. The van der Waals surface area contributed by atoms with E-state index in [0.29, 0.717) is 36.4 Å². The van der Waals surface area contributed by atoms with Gasteiger partial charge in [0.05, 0.1) is 34.5 Å². The molecule has 0 aliphatic carbocycles. The molecule has 0 spiro atoms. The van der Waals surface area contributed by atoms with E-state index in [2.05, 4.69) is 10.3 Å². The maximum Gasteiger partial charge on any atom is 0.189 e. The monoisotopic (exact) mass is 439 g/mol. The van der Waals surface area contributed by atoms with Crippen LogP contribution in [0.2, 0.25) is 0 Å². The van der Waals surface area contributed by atoms with Crippen molar-refractivity contribution >= 4 is 29.9 Å². The first-order valence-electron chi connectivity index (χ1n) is 6.90. The van der Waals surface area contributed by atoms with Gasteiger partial charge in [0.1, 0.15) is 5.75 Å². The molecular formula is C15H26IN3O4. The van der Waals surface area contributed by atoms with Gasteiger partial charge in [0, 0.05) is 24.8 Å². The Labute approximate surface area is 154 Å². The van der Waals surface area contributed by atoms with Crippen molar-refractivity contribution in [2.45, 2.75) is 19.5 Å². The highest BCUT2D eigenvalue weighted by atomic mass is 127. The summed E-state index contributed by atoms with van der Waals surface area (Å²) < 4.78 is 20.9. The van der Waals surface area contributed by atoms with Crippen LogP contribution < -0.4 is 25.3 Å². The van der Waals surface area contributed by atoms with Crippen LogP contribution in [0.4, 0.5) is 0 Å². The van der Waals surface area contributed by atoms with Crippen LogP contribution in [0.3, 0.4) is 0 Å². The van der Waals surface area contributed by atoms with Crippen LogP contribution in [0.15, 0.2) is 17.1 Å². The summed E-state index contributed by atoms with van der Waals surface area (Å²) in [5.74, 6) is 2.24. The molecule has 0 aliphatic rings. The third-order valence-electron chi connectivity index (χ3n) is 3.02. The van der Waals surface area contributed by atoms with E-state index in [1.165, 1.54) is 0 Å². The van der Waals surface area contributed by atoms with Crippen molar-refractivity contribution in [3.8, 4) is 17.2 Å². The maximum atomic E-state index is 5.86. The summed E-state index contributed by atoms with van der Waals surface area (Å²) >= 11 is 0. The van der Waals surface area contributed by atoms with Gasteiger partial charge in [0.15, 0.2) is 17.5 Å². The van der Waals surface area contributed by atoms with Crippen LogP contribution in [-0.4, -0.2) is 47.0 Å². The van der Waals surface area contributed by atoms with Gasteiger partial charge in [-0.15, -0.1) is 24.0 Å². The number of ether oxygens (including phenoxy) is 4. The summed E-state index contributed by atoms with van der Waals surface area (Å²) in [6.07, 6.45) is 0. The number of aliphatic imine (C=N–C) groups is 1. The van der Waals surface area contributed by atoms with Crippen molar-refractivity contribution in [3.05, 3.63) is 17.7 Å². The molecule has 1 aromatic rings. The van der Waals surface area contributed by atoms with Crippen LogP contribution in [0.25, 0.3) is 0 Å². The molecule has 1 aromatic carbocycles. The molecule has 0 fully saturated rings. The Morgan fingerprint density at radius 2 is 1.65 bits per heavy atom. The van der Waals surface area contributed by atoms with E-state index < -0.39 is 0 Å². The van der Waals surface area contributed by atoms with Crippen LogP contribution in [-0.2, 0) is 11.3 Å². The summed E-state index contributed by atoms with van der Waals surface area (Å²) in [5, 5.41) is 3.05. The smallest absolute Gasteiger partial charge is 0.189 e. The average molecular weight is 439 g/mol. The second-order valence-electron chi connectivity index (χ2n) is 4.72. The van der Waals surface area contributed by atoms with Crippen LogP contribution in [0.1, 0.15) is 12.5 Å². The molecule has 23 heavy (non-hydrogen) atoms. The van der Waals surface area contributed by atoms with Gasteiger partial charge >= 0.3 is 0 Å². The molecule has 7 nitrogen and oxygen atoms in total. The van der Waals surface area contributed by atoms with Gasteiger partial charge in [-0.2, -0.15) is 0 Å². The fourth-order valence-electron chi connectivity index (χ4n) is 1.98. The van der Waals surface area contributed by atoms with Gasteiger partial charge in [-0.25, -0.2) is 4.99 Å². The Morgan fingerprint density at radius 1 is 1.09 bits per heavy atom. The fourth-order valence-corrected chi connectivity index (χ4v) is 1.98. The molecule has 8 heteroatoms. The first kappa shape index (κ1) is 21.6. The number of guanidine groups is 1. The summed E-state index contributed by atoms with van der Waals surface area (Å²) in [4.78, 5) is 4.31. The summed E-state index contributed by atoms with van der Waals surface area (Å²) in [7, 11) is 6.39. The number of nitrogens with one attached hydrogen (secondary N) is 1. The lowest BCUT2D eigenvalue weighted by atomic mass is 10.1. The minimum Gasteiger partial charge on any atom is -0.496 e. The molecule has 132 valence electrons. The van der Waals surface area contributed by atoms with Crippen LogP contribution in [0, 0.1) is 0 Å². The highest BCUT2D eigenvalue weighted by molar-refractivity contribution is 14.0. The molecule has 0 heterocycles. The van der Waals surface area contributed by atoms with E-state index in [0.717, 1.165) is 5.56 Å². The predicted molar refractivity (Wildman–Crippen MR) is 101 cm³/mol. The molecule has 0 amide bonds. The number of rotatable bonds is 8. The van der Waals surface area contributed by atoms with Gasteiger partial charge in [-0.1, -0.05) is 0 Å². The number of nitrogens with two attached hydrogens (primary N) is 1. The third-order valence-corrected chi connectivity index (χ3v) is 3.02. The molecule has 1 atom stereocenters. The molecule has 0 aromatic heterocycles. The summed E-state index contributed by atoms with van der Waals surface area (Å²) in [6.45, 7) is 2.88. The molecular weight excluding hydrogens is 413 g/mol. The Kier molecular flexibility index (Phi) is 10.5. The summed E-state index contributed by atoms with van der Waals surface area (Å²) in [6, 6.07) is 3.68. The Hall–Kier alpha value is -1.42. The average Bonchev–Trinajstić information content (AvgIpc) is 2.52. The quantitative estimate of drug-likeness (QED) is 0.365. The van der Waals surface area contributed by atoms with E-state index in [9.17, 15) is 0 Å². The normalized spacial score (nSPS) is 12.1. The van der Waals surface area contributed by atoms with Gasteiger partial charge in [0.25, 0.3) is 0 Å². The Morgan fingerprint density at radius 3 is 2.17 bits per heavy atom. The highest BCUT2D eigenvalue weighted by Crippen LogP contribution is 2.34. The second kappa shape index (κ2) is 11.2. The SMILES string of the molecule is COCC(C)NC(N)=NCc1cc(OC)c(OC)cc1OC.I. The third kappa shape index (κ3) is 6.69. The molecule has 0 saturated heterocycles. The number of nitrogens with zero attached hydrogens (tertiary/aromatic N) is 1. The van der Waals surface area contributed by atoms with Crippen LogP contribution in [0.5, 0.6) is 17.2 Å². The highest BCUT2D eigenvalue weighted by Gasteiger charge is 2.11. The van der Waals surface area contributed by atoms with E-state index in [4.69, 9.17) is 24.7 Å². The standard InChI is InChI=1S/C15H25N3O4.HI/c1-10(9-19-2)18-15(16)17-8-11-6-13(21-4)14(22-5)7-12(11)20-3;/h6-7,10H,8-9H2,1-5H3,(H3,16,17,18);1H. The zero-order valence-corrected chi connectivity index (χ0v) is 16.5. The lowest BCUT2D eigenvalue weighted by molar-refractivity contribution is 0.179. The molecule has 3 N–H and O–H groups in total. The van der Waals surface area contributed by atoms with E-state index in [1.807, 2.05) is 13.0 Å². The Balaban J connectivity index is 0.00000484. The van der Waals surface area contributed by atoms with Crippen molar-refractivity contribution in [1.82, 2.24) is 5.32 Å². The topological polar surface area (TPSA) is 87.3 Å². The molecule has 1 unspecified atom stereocenters. The molecule has 1 rings (SSSR count). The number of hydrogen-bond donors (Lipinski definition) is 2. The second-order valence-corrected chi connectivity index (χ2v) is 4.72. The van der Waals surface area contributed by atoms with Gasteiger partial charge < -0.3 is 30.0 Å². The lowest BCUT2D eigenvalue weighted by Gasteiger charge is -2.15. The van der Waals surface area contributed by atoms with Gasteiger partial charge in [0.2, 0.25) is 0 Å². The van der Waals surface area contributed by atoms with Gasteiger partial charge in [-0.3, -0.25) is 0 Å². The first-order chi connectivity index (χ1) is 10.5. The zero-order chi connectivity index (χ0) is 16.5. The molecule has 0 aliphatic heterocycles. The van der Waals surface area contributed by atoms with Crippen molar-refractivity contribution in [2.24, 2.45) is 10.7 Å².